The van der Waals surface area contributed by atoms with E-state index in [1.807, 2.05) is 6.07 Å². The number of ketones is 1. The average Bonchev–Trinajstić information content (AvgIpc) is 2.47. The van der Waals surface area contributed by atoms with Crippen molar-refractivity contribution < 1.29 is 4.79 Å². The molecule has 0 saturated carbocycles. The summed E-state index contributed by atoms with van der Waals surface area (Å²) in [6.07, 6.45) is 6.39. The molecule has 3 rings (SSSR count). The van der Waals surface area contributed by atoms with Crippen LogP contribution in [0.15, 0.2) is 55.1 Å². The van der Waals surface area contributed by atoms with E-state index in [1.165, 1.54) is 0 Å². The highest BCUT2D eigenvalue weighted by Gasteiger charge is 2.13. The number of hydrogen-bond acceptors (Lipinski definition) is 4. The molecule has 86 valence electrons. The van der Waals surface area contributed by atoms with Crippen molar-refractivity contribution >= 4 is 16.8 Å². The molecule has 18 heavy (non-hydrogen) atoms. The Morgan fingerprint density at radius 1 is 0.944 bits per heavy atom. The number of hydrogen-bond donors (Lipinski definition) is 0. The zero-order valence-electron chi connectivity index (χ0n) is 9.45. The average molecular weight is 235 g/mol. The van der Waals surface area contributed by atoms with Crippen molar-refractivity contribution in [3.05, 3.63) is 66.2 Å². The first-order valence-corrected chi connectivity index (χ1v) is 5.51. The maximum atomic E-state index is 12.4. The van der Waals surface area contributed by atoms with Crippen LogP contribution in [-0.2, 0) is 0 Å². The van der Waals surface area contributed by atoms with Crippen LogP contribution in [0.3, 0.4) is 0 Å². The van der Waals surface area contributed by atoms with Gasteiger partial charge in [-0.2, -0.15) is 0 Å². The van der Waals surface area contributed by atoms with Crippen LogP contribution in [0.1, 0.15) is 15.9 Å². The van der Waals surface area contributed by atoms with Crippen molar-refractivity contribution in [1.29, 1.82) is 0 Å². The largest absolute Gasteiger partial charge is 0.288 e. The summed E-state index contributed by atoms with van der Waals surface area (Å²) in [5.74, 6) is -0.0887. The number of benzene rings is 1. The van der Waals surface area contributed by atoms with Gasteiger partial charge in [0, 0.05) is 30.4 Å². The van der Waals surface area contributed by atoms with Crippen LogP contribution in [0.5, 0.6) is 0 Å². The van der Waals surface area contributed by atoms with Crippen molar-refractivity contribution in [3.63, 3.8) is 0 Å². The third kappa shape index (κ3) is 1.73. The van der Waals surface area contributed by atoms with E-state index in [2.05, 4.69) is 15.0 Å². The van der Waals surface area contributed by atoms with E-state index < -0.39 is 0 Å². The fourth-order valence-corrected chi connectivity index (χ4v) is 1.83. The first-order chi connectivity index (χ1) is 8.86. The van der Waals surface area contributed by atoms with Gasteiger partial charge in [0.1, 0.15) is 0 Å². The normalized spacial score (nSPS) is 10.4. The molecule has 0 saturated heterocycles. The van der Waals surface area contributed by atoms with Crippen LogP contribution in [-0.4, -0.2) is 20.7 Å². The monoisotopic (exact) mass is 235 g/mol. The molecular weight excluding hydrogens is 226 g/mol. The third-order valence-electron chi connectivity index (χ3n) is 2.67. The van der Waals surface area contributed by atoms with Crippen LogP contribution in [0.2, 0.25) is 0 Å². The number of nitrogens with zero attached hydrogens (tertiary/aromatic N) is 3. The highest BCUT2D eigenvalue weighted by Crippen LogP contribution is 2.17. The Labute approximate surface area is 103 Å². The lowest BCUT2D eigenvalue weighted by Gasteiger charge is -2.03. The Morgan fingerprint density at radius 2 is 1.83 bits per heavy atom. The molecule has 0 unspecified atom stereocenters. The molecule has 0 bridgehead atoms. The minimum absolute atomic E-state index is 0.0887. The standard InChI is InChI=1S/C14H9N3O/c18-14(10-3-2-6-15-9-10)11-4-1-5-12-13(11)17-8-7-16-12/h1-9H. The predicted molar refractivity (Wildman–Crippen MR) is 67.2 cm³/mol. The van der Waals surface area contributed by atoms with Gasteiger partial charge in [-0.25, -0.2) is 0 Å². The second kappa shape index (κ2) is 4.33. The molecule has 0 fully saturated rings. The fourth-order valence-electron chi connectivity index (χ4n) is 1.83. The van der Waals surface area contributed by atoms with Crippen molar-refractivity contribution in [2.45, 2.75) is 0 Å². The smallest absolute Gasteiger partial charge is 0.196 e. The zero-order chi connectivity index (χ0) is 12.4. The third-order valence-corrected chi connectivity index (χ3v) is 2.67. The van der Waals surface area contributed by atoms with Crippen LogP contribution < -0.4 is 0 Å². The molecule has 3 aromatic rings. The number of fused-ring (bicyclic) bond motifs is 1. The van der Waals surface area contributed by atoms with Gasteiger partial charge in [-0.3, -0.25) is 19.7 Å². The Hall–Kier alpha value is -2.62. The van der Waals surface area contributed by atoms with Gasteiger partial charge < -0.3 is 0 Å². The van der Waals surface area contributed by atoms with Crippen molar-refractivity contribution in [2.24, 2.45) is 0 Å². The first kappa shape index (κ1) is 10.5. The topological polar surface area (TPSA) is 55.7 Å². The van der Waals surface area contributed by atoms with Gasteiger partial charge in [0.25, 0.3) is 0 Å². The zero-order valence-corrected chi connectivity index (χ0v) is 9.45. The second-order valence-electron chi connectivity index (χ2n) is 3.80. The lowest BCUT2D eigenvalue weighted by molar-refractivity contribution is 0.104. The van der Waals surface area contributed by atoms with E-state index in [4.69, 9.17) is 0 Å². The van der Waals surface area contributed by atoms with Crippen LogP contribution in [0, 0.1) is 0 Å². The van der Waals surface area contributed by atoms with Gasteiger partial charge in [-0.1, -0.05) is 6.07 Å². The minimum Gasteiger partial charge on any atom is -0.288 e. The fraction of sp³-hybridized carbons (Fsp3) is 0. The van der Waals surface area contributed by atoms with E-state index in [9.17, 15) is 4.79 Å². The Kier molecular flexibility index (Phi) is 2.53. The van der Waals surface area contributed by atoms with E-state index in [1.54, 1.807) is 49.1 Å². The summed E-state index contributed by atoms with van der Waals surface area (Å²) < 4.78 is 0. The summed E-state index contributed by atoms with van der Waals surface area (Å²) in [6.45, 7) is 0. The van der Waals surface area contributed by atoms with Gasteiger partial charge in [0.05, 0.1) is 16.6 Å². The van der Waals surface area contributed by atoms with E-state index in [0.717, 1.165) is 0 Å². The Balaban J connectivity index is 2.18. The number of pyridine rings is 1. The highest BCUT2D eigenvalue weighted by molar-refractivity contribution is 6.14. The van der Waals surface area contributed by atoms with Gasteiger partial charge in [-0.15, -0.1) is 0 Å². The van der Waals surface area contributed by atoms with Crippen molar-refractivity contribution in [3.8, 4) is 0 Å². The van der Waals surface area contributed by atoms with Gasteiger partial charge in [-0.05, 0) is 24.3 Å². The SMILES string of the molecule is O=C(c1cccnc1)c1cccc2nccnc12. The van der Waals surface area contributed by atoms with Gasteiger partial charge in [0.15, 0.2) is 5.78 Å². The van der Waals surface area contributed by atoms with E-state index in [-0.39, 0.29) is 5.78 Å². The molecule has 0 aliphatic heterocycles. The molecule has 0 radical (unpaired) electrons. The Morgan fingerprint density at radius 3 is 2.67 bits per heavy atom. The number of aromatic nitrogens is 3. The molecule has 0 aliphatic carbocycles. The molecule has 2 aromatic heterocycles. The lowest BCUT2D eigenvalue weighted by atomic mass is 10.0. The summed E-state index contributed by atoms with van der Waals surface area (Å²) in [7, 11) is 0. The lowest BCUT2D eigenvalue weighted by Crippen LogP contribution is -2.03. The van der Waals surface area contributed by atoms with Crippen LogP contribution in [0.25, 0.3) is 11.0 Å². The predicted octanol–water partition coefficient (Wildman–Crippen LogP) is 2.26. The summed E-state index contributed by atoms with van der Waals surface area (Å²) in [5.41, 5.74) is 2.44. The van der Waals surface area contributed by atoms with Crippen molar-refractivity contribution in [2.75, 3.05) is 0 Å². The molecule has 1 aromatic carbocycles. The first-order valence-electron chi connectivity index (χ1n) is 5.51. The van der Waals surface area contributed by atoms with E-state index in [0.29, 0.717) is 22.2 Å². The van der Waals surface area contributed by atoms with Crippen LogP contribution >= 0.6 is 0 Å². The maximum Gasteiger partial charge on any atom is 0.196 e. The highest BCUT2D eigenvalue weighted by atomic mass is 16.1. The van der Waals surface area contributed by atoms with Gasteiger partial charge in [0.2, 0.25) is 0 Å². The van der Waals surface area contributed by atoms with Gasteiger partial charge >= 0.3 is 0 Å². The Bertz CT molecular complexity index is 705. The summed E-state index contributed by atoms with van der Waals surface area (Å²) in [6, 6.07) is 8.88. The number of para-hydroxylation sites is 1. The second-order valence-corrected chi connectivity index (χ2v) is 3.80. The quantitative estimate of drug-likeness (QED) is 0.639. The maximum absolute atomic E-state index is 12.4. The molecule has 4 nitrogen and oxygen atoms in total. The molecule has 2 heterocycles. The molecule has 0 N–H and O–H groups in total. The summed E-state index contributed by atoms with van der Waals surface area (Å²) in [5, 5.41) is 0. The number of rotatable bonds is 2. The van der Waals surface area contributed by atoms with E-state index >= 15 is 0 Å². The number of carbonyl (C=O) groups excluding carboxylic acids is 1. The molecule has 0 spiro atoms. The van der Waals surface area contributed by atoms with Crippen LogP contribution in [0.4, 0.5) is 0 Å². The van der Waals surface area contributed by atoms with Crippen molar-refractivity contribution in [1.82, 2.24) is 15.0 Å². The minimum atomic E-state index is -0.0887. The molecule has 0 atom stereocenters. The summed E-state index contributed by atoms with van der Waals surface area (Å²) >= 11 is 0. The molecule has 0 amide bonds. The number of carbonyl (C=O) groups is 1. The molecule has 4 heteroatoms. The summed E-state index contributed by atoms with van der Waals surface area (Å²) in [4.78, 5) is 24.7. The molecule has 0 aliphatic rings. The molecular formula is C14H9N3O.